The summed E-state index contributed by atoms with van der Waals surface area (Å²) in [6, 6.07) is 7.53. The van der Waals surface area contributed by atoms with Crippen molar-refractivity contribution in [1.29, 1.82) is 0 Å². The van der Waals surface area contributed by atoms with Crippen molar-refractivity contribution in [3.8, 4) is 11.5 Å². The van der Waals surface area contributed by atoms with Gasteiger partial charge in [-0.1, -0.05) is 17.3 Å². The van der Waals surface area contributed by atoms with Crippen LogP contribution in [0.4, 0.5) is 17.6 Å². The molecule has 0 fully saturated rings. The lowest BCUT2D eigenvalue weighted by Crippen LogP contribution is -2.35. The van der Waals surface area contributed by atoms with Crippen molar-refractivity contribution in [1.82, 2.24) is 20.3 Å². The number of methoxy groups -OCH3 is 1. The topological polar surface area (TPSA) is 95.3 Å². The Labute approximate surface area is 172 Å². The highest BCUT2D eigenvalue weighted by molar-refractivity contribution is 5.84. The lowest BCUT2D eigenvalue weighted by molar-refractivity contribution is -0.274. The van der Waals surface area contributed by atoms with Gasteiger partial charge in [-0.15, -0.1) is 18.3 Å². The zero-order valence-electron chi connectivity index (χ0n) is 16.1. The van der Waals surface area contributed by atoms with Gasteiger partial charge in [-0.05, 0) is 30.2 Å². The largest absolute Gasteiger partial charge is 0.573 e. The van der Waals surface area contributed by atoms with Gasteiger partial charge in [-0.3, -0.25) is 9.59 Å². The molecule has 1 amide bonds. The first-order valence-electron chi connectivity index (χ1n) is 8.89. The minimum Gasteiger partial charge on any atom is -0.496 e. The standard InChI is InChI=1S/C19H16F4N4O4/c1-30-15-4-2-3-14-17(15)18(29)27(26-25-14)10-16(28)24-8-7-11-5-6-12(9-13(11)20)31-19(21,22)23/h2-6,9H,7-8,10H2,1H3,(H,24,28). The Hall–Kier alpha value is -3.70. The molecule has 1 N–H and O–H groups in total. The van der Waals surface area contributed by atoms with Crippen LogP contribution in [0.5, 0.6) is 11.5 Å². The lowest BCUT2D eigenvalue weighted by Gasteiger charge is -2.11. The average Bonchev–Trinajstić information content (AvgIpc) is 2.70. The minimum absolute atomic E-state index is 0.00991. The maximum absolute atomic E-state index is 13.9. The Bertz CT molecular complexity index is 1160. The summed E-state index contributed by atoms with van der Waals surface area (Å²) in [6.45, 7) is -0.449. The van der Waals surface area contributed by atoms with E-state index in [1.165, 1.54) is 7.11 Å². The van der Waals surface area contributed by atoms with Crippen LogP contribution in [0.1, 0.15) is 5.56 Å². The van der Waals surface area contributed by atoms with Crippen LogP contribution in [0.15, 0.2) is 41.2 Å². The molecule has 3 aromatic rings. The Morgan fingerprint density at radius 3 is 2.68 bits per heavy atom. The average molecular weight is 440 g/mol. The van der Waals surface area contributed by atoms with E-state index in [1.807, 2.05) is 0 Å². The van der Waals surface area contributed by atoms with Gasteiger partial charge in [0.15, 0.2) is 0 Å². The van der Waals surface area contributed by atoms with Crippen LogP contribution in [0, 0.1) is 5.82 Å². The lowest BCUT2D eigenvalue weighted by atomic mass is 10.1. The van der Waals surface area contributed by atoms with Gasteiger partial charge in [0.05, 0.1) is 7.11 Å². The summed E-state index contributed by atoms with van der Waals surface area (Å²) in [5, 5.41) is 10.3. The molecule has 0 unspecified atom stereocenters. The van der Waals surface area contributed by atoms with E-state index in [4.69, 9.17) is 4.74 Å². The first kappa shape index (κ1) is 22.0. The summed E-state index contributed by atoms with van der Waals surface area (Å²) < 4.78 is 60.1. The molecule has 12 heteroatoms. The molecule has 0 saturated heterocycles. The summed E-state index contributed by atoms with van der Waals surface area (Å²) in [7, 11) is 1.40. The van der Waals surface area contributed by atoms with Crippen molar-refractivity contribution in [2.45, 2.75) is 19.3 Å². The number of halogens is 4. The quantitative estimate of drug-likeness (QED) is 0.566. The number of alkyl halides is 3. The van der Waals surface area contributed by atoms with Gasteiger partial charge in [0.25, 0.3) is 5.56 Å². The number of hydrogen-bond acceptors (Lipinski definition) is 6. The number of carbonyl (C=O) groups is 1. The summed E-state index contributed by atoms with van der Waals surface area (Å²) in [4.78, 5) is 24.7. The van der Waals surface area contributed by atoms with Crippen molar-refractivity contribution in [2.75, 3.05) is 13.7 Å². The van der Waals surface area contributed by atoms with Crippen LogP contribution >= 0.6 is 0 Å². The third-order valence-corrected chi connectivity index (χ3v) is 4.20. The van der Waals surface area contributed by atoms with E-state index in [0.29, 0.717) is 17.3 Å². The molecule has 0 atom stereocenters. The van der Waals surface area contributed by atoms with Gasteiger partial charge >= 0.3 is 6.36 Å². The van der Waals surface area contributed by atoms with Gasteiger partial charge < -0.3 is 14.8 Å². The first-order chi connectivity index (χ1) is 14.7. The molecule has 3 rings (SSSR count). The minimum atomic E-state index is -4.92. The number of ether oxygens (including phenoxy) is 2. The maximum atomic E-state index is 13.9. The van der Waals surface area contributed by atoms with Crippen molar-refractivity contribution >= 4 is 16.8 Å². The second-order valence-corrected chi connectivity index (χ2v) is 6.31. The van der Waals surface area contributed by atoms with Crippen molar-refractivity contribution in [3.63, 3.8) is 0 Å². The van der Waals surface area contributed by atoms with E-state index < -0.39 is 35.9 Å². The van der Waals surface area contributed by atoms with E-state index in [0.717, 1.165) is 16.8 Å². The Balaban J connectivity index is 1.61. The molecule has 31 heavy (non-hydrogen) atoms. The molecule has 0 spiro atoms. The van der Waals surface area contributed by atoms with Crippen LogP contribution in [0.25, 0.3) is 10.9 Å². The highest BCUT2D eigenvalue weighted by Crippen LogP contribution is 2.24. The van der Waals surface area contributed by atoms with E-state index in [-0.39, 0.29) is 23.9 Å². The highest BCUT2D eigenvalue weighted by atomic mass is 19.4. The molecule has 8 nitrogen and oxygen atoms in total. The second-order valence-electron chi connectivity index (χ2n) is 6.31. The zero-order valence-corrected chi connectivity index (χ0v) is 16.1. The Kier molecular flexibility index (Phi) is 6.37. The molecule has 0 aliphatic carbocycles. The SMILES string of the molecule is COc1cccc2nnn(CC(=O)NCCc3ccc(OC(F)(F)F)cc3F)c(=O)c12. The first-order valence-corrected chi connectivity index (χ1v) is 8.89. The molecule has 1 aromatic heterocycles. The van der Waals surface area contributed by atoms with Gasteiger partial charge in [-0.2, -0.15) is 0 Å². The van der Waals surface area contributed by atoms with Crippen molar-refractivity contribution < 1.29 is 31.8 Å². The number of hydrogen-bond donors (Lipinski definition) is 1. The fourth-order valence-corrected chi connectivity index (χ4v) is 2.82. The van der Waals surface area contributed by atoms with E-state index in [1.54, 1.807) is 18.2 Å². The van der Waals surface area contributed by atoms with E-state index in [2.05, 4.69) is 20.4 Å². The highest BCUT2D eigenvalue weighted by Gasteiger charge is 2.31. The van der Waals surface area contributed by atoms with Gasteiger partial charge in [0.1, 0.15) is 34.8 Å². The molecule has 0 bridgehead atoms. The number of fused-ring (bicyclic) bond motifs is 1. The fraction of sp³-hybridized carbons (Fsp3) is 0.263. The summed E-state index contributed by atoms with van der Waals surface area (Å²) in [6.07, 6.45) is -4.91. The smallest absolute Gasteiger partial charge is 0.496 e. The number of benzene rings is 2. The number of amides is 1. The third-order valence-electron chi connectivity index (χ3n) is 4.20. The number of aromatic nitrogens is 3. The molecule has 1 heterocycles. The molecule has 0 aliphatic heterocycles. The van der Waals surface area contributed by atoms with Crippen LogP contribution in [0.2, 0.25) is 0 Å². The van der Waals surface area contributed by atoms with Crippen LogP contribution in [-0.2, 0) is 17.8 Å². The fourth-order valence-electron chi connectivity index (χ4n) is 2.82. The van der Waals surface area contributed by atoms with Crippen LogP contribution in [0.3, 0.4) is 0 Å². The summed E-state index contributed by atoms with van der Waals surface area (Å²) >= 11 is 0. The van der Waals surface area contributed by atoms with Crippen molar-refractivity contribution in [2.24, 2.45) is 0 Å². The molecule has 0 aliphatic rings. The number of rotatable bonds is 7. The normalized spacial score (nSPS) is 11.4. The van der Waals surface area contributed by atoms with Gasteiger partial charge in [0, 0.05) is 12.6 Å². The summed E-state index contributed by atoms with van der Waals surface area (Å²) in [5.74, 6) is -1.87. The summed E-state index contributed by atoms with van der Waals surface area (Å²) in [5.41, 5.74) is -0.166. The molecule has 0 saturated carbocycles. The maximum Gasteiger partial charge on any atom is 0.573 e. The van der Waals surface area contributed by atoms with Gasteiger partial charge in [-0.25, -0.2) is 9.07 Å². The number of nitrogens with one attached hydrogen (secondary N) is 1. The zero-order chi connectivity index (χ0) is 22.6. The molecule has 164 valence electrons. The molecular weight excluding hydrogens is 424 g/mol. The predicted molar refractivity (Wildman–Crippen MR) is 100 cm³/mol. The molecule has 2 aromatic carbocycles. The van der Waals surface area contributed by atoms with Crippen molar-refractivity contribution in [3.05, 3.63) is 58.1 Å². The monoisotopic (exact) mass is 440 g/mol. The van der Waals surface area contributed by atoms with E-state index >= 15 is 0 Å². The van der Waals surface area contributed by atoms with E-state index in [9.17, 15) is 27.2 Å². The van der Waals surface area contributed by atoms with Gasteiger partial charge in [0.2, 0.25) is 5.91 Å². The van der Waals surface area contributed by atoms with Crippen LogP contribution < -0.4 is 20.3 Å². The molecule has 0 radical (unpaired) electrons. The predicted octanol–water partition coefficient (Wildman–Crippen LogP) is 2.20. The number of nitrogens with zero attached hydrogens (tertiary/aromatic N) is 3. The second kappa shape index (κ2) is 8.98. The Morgan fingerprint density at radius 2 is 2.00 bits per heavy atom. The molecular formula is C19H16F4N4O4. The third kappa shape index (κ3) is 5.47. The number of carbonyl (C=O) groups excluding carboxylic acids is 1. The van der Waals surface area contributed by atoms with Crippen LogP contribution in [-0.4, -0.2) is 40.9 Å². The Morgan fingerprint density at radius 1 is 1.23 bits per heavy atom.